The quantitative estimate of drug-likeness (QED) is 0.530. The molecule has 1 amide bonds. The normalized spacial score (nSPS) is 10.6. The standard InChI is InChI=1S/C14H16N4O4/c1-21-11-4-3-9(5-12(11)22-2)8-15-17-13(19)6-10-7-14(20)18-16-10/h3-5,7-8H,6H2,1-2H3,(H,17,19)(H2,16,18,20)/b15-8+. The van der Waals surface area contributed by atoms with Gasteiger partial charge in [-0.05, 0) is 23.8 Å². The van der Waals surface area contributed by atoms with Gasteiger partial charge in [0.2, 0.25) is 5.91 Å². The van der Waals surface area contributed by atoms with E-state index in [9.17, 15) is 9.59 Å². The molecule has 0 unspecified atom stereocenters. The highest BCUT2D eigenvalue weighted by Crippen LogP contribution is 2.26. The highest BCUT2D eigenvalue weighted by Gasteiger charge is 2.05. The second kappa shape index (κ2) is 7.11. The Morgan fingerprint density at radius 1 is 1.23 bits per heavy atom. The van der Waals surface area contributed by atoms with Crippen molar-refractivity contribution >= 4 is 12.1 Å². The molecular weight excluding hydrogens is 288 g/mol. The second-order valence-corrected chi connectivity index (χ2v) is 4.37. The third-order valence-electron chi connectivity index (χ3n) is 2.81. The summed E-state index contributed by atoms with van der Waals surface area (Å²) in [5, 5.41) is 8.80. The van der Waals surface area contributed by atoms with Crippen LogP contribution in [0.3, 0.4) is 0 Å². The molecule has 0 fully saturated rings. The van der Waals surface area contributed by atoms with Crippen molar-refractivity contribution in [2.45, 2.75) is 6.42 Å². The maximum absolute atomic E-state index is 11.6. The highest BCUT2D eigenvalue weighted by molar-refractivity contribution is 5.83. The van der Waals surface area contributed by atoms with Gasteiger partial charge in [0.15, 0.2) is 11.5 Å². The first-order valence-electron chi connectivity index (χ1n) is 6.43. The summed E-state index contributed by atoms with van der Waals surface area (Å²) in [6.07, 6.45) is 1.52. The molecular formula is C14H16N4O4. The van der Waals surface area contributed by atoms with Crippen molar-refractivity contribution in [3.05, 3.63) is 45.9 Å². The van der Waals surface area contributed by atoms with E-state index in [2.05, 4.69) is 20.7 Å². The molecule has 116 valence electrons. The zero-order chi connectivity index (χ0) is 15.9. The lowest BCUT2D eigenvalue weighted by molar-refractivity contribution is -0.120. The van der Waals surface area contributed by atoms with Crippen LogP contribution in [0.15, 0.2) is 34.2 Å². The lowest BCUT2D eigenvalue weighted by Gasteiger charge is -2.07. The number of benzene rings is 1. The first-order valence-corrected chi connectivity index (χ1v) is 6.43. The summed E-state index contributed by atoms with van der Waals surface area (Å²) in [7, 11) is 3.09. The molecule has 8 heteroatoms. The van der Waals surface area contributed by atoms with E-state index in [1.807, 2.05) is 0 Å². The Labute approximate surface area is 126 Å². The molecule has 3 N–H and O–H groups in total. The van der Waals surface area contributed by atoms with Crippen LogP contribution in [0.4, 0.5) is 0 Å². The monoisotopic (exact) mass is 304 g/mol. The number of nitrogens with zero attached hydrogens (tertiary/aromatic N) is 1. The zero-order valence-corrected chi connectivity index (χ0v) is 12.2. The molecule has 0 radical (unpaired) electrons. The van der Waals surface area contributed by atoms with Crippen LogP contribution in [-0.4, -0.2) is 36.5 Å². The van der Waals surface area contributed by atoms with Gasteiger partial charge < -0.3 is 14.6 Å². The Hall–Kier alpha value is -3.03. The summed E-state index contributed by atoms with van der Waals surface area (Å²) in [5.41, 5.74) is 3.33. The molecule has 0 atom stereocenters. The average Bonchev–Trinajstić information content (AvgIpc) is 2.92. The molecule has 0 spiro atoms. The molecule has 1 aromatic heterocycles. The number of rotatable bonds is 6. The number of hydrogen-bond acceptors (Lipinski definition) is 5. The summed E-state index contributed by atoms with van der Waals surface area (Å²) in [5.74, 6) is 0.842. The van der Waals surface area contributed by atoms with Gasteiger partial charge in [0.05, 0.1) is 26.9 Å². The number of H-pyrrole nitrogens is 2. The number of methoxy groups -OCH3 is 2. The minimum absolute atomic E-state index is 0.0298. The van der Waals surface area contributed by atoms with Gasteiger partial charge in [-0.2, -0.15) is 5.10 Å². The number of ether oxygens (including phenoxy) is 2. The van der Waals surface area contributed by atoms with E-state index in [1.165, 1.54) is 19.4 Å². The Kier molecular flexibility index (Phi) is 4.97. The summed E-state index contributed by atoms with van der Waals surface area (Å²) in [6.45, 7) is 0. The van der Waals surface area contributed by atoms with E-state index in [0.717, 1.165) is 5.56 Å². The lowest BCUT2D eigenvalue weighted by Crippen LogP contribution is -2.20. The van der Waals surface area contributed by atoms with Gasteiger partial charge in [-0.25, -0.2) is 5.43 Å². The Morgan fingerprint density at radius 3 is 2.64 bits per heavy atom. The maximum atomic E-state index is 11.6. The fourth-order valence-corrected chi connectivity index (χ4v) is 1.79. The molecule has 1 aromatic carbocycles. The van der Waals surface area contributed by atoms with Gasteiger partial charge in [-0.1, -0.05) is 0 Å². The van der Waals surface area contributed by atoms with Crippen LogP contribution < -0.4 is 20.5 Å². The van der Waals surface area contributed by atoms with E-state index in [0.29, 0.717) is 17.2 Å². The summed E-state index contributed by atoms with van der Waals surface area (Å²) in [6, 6.07) is 6.57. The van der Waals surface area contributed by atoms with Crippen LogP contribution >= 0.6 is 0 Å². The van der Waals surface area contributed by atoms with E-state index < -0.39 is 0 Å². The van der Waals surface area contributed by atoms with Crippen LogP contribution in [0.1, 0.15) is 11.3 Å². The molecule has 0 aliphatic rings. The maximum Gasteiger partial charge on any atom is 0.264 e. The molecule has 0 bridgehead atoms. The average molecular weight is 304 g/mol. The van der Waals surface area contributed by atoms with Crippen molar-refractivity contribution in [2.24, 2.45) is 5.10 Å². The van der Waals surface area contributed by atoms with Crippen LogP contribution in [-0.2, 0) is 11.2 Å². The van der Waals surface area contributed by atoms with Gasteiger partial charge in [0.1, 0.15) is 0 Å². The Balaban J connectivity index is 1.94. The number of carbonyl (C=O) groups is 1. The number of aromatic nitrogens is 2. The molecule has 2 aromatic rings. The van der Waals surface area contributed by atoms with Gasteiger partial charge in [0, 0.05) is 11.8 Å². The van der Waals surface area contributed by atoms with Gasteiger partial charge >= 0.3 is 0 Å². The molecule has 0 aliphatic heterocycles. The lowest BCUT2D eigenvalue weighted by atomic mass is 10.2. The van der Waals surface area contributed by atoms with Crippen LogP contribution in [0.25, 0.3) is 0 Å². The van der Waals surface area contributed by atoms with Crippen molar-refractivity contribution in [1.29, 1.82) is 0 Å². The topological polar surface area (TPSA) is 109 Å². The number of nitrogens with one attached hydrogen (secondary N) is 3. The molecule has 22 heavy (non-hydrogen) atoms. The largest absolute Gasteiger partial charge is 0.493 e. The van der Waals surface area contributed by atoms with Gasteiger partial charge in [-0.15, -0.1) is 0 Å². The van der Waals surface area contributed by atoms with Gasteiger partial charge in [0.25, 0.3) is 5.56 Å². The minimum atomic E-state index is -0.341. The number of hydrogen-bond donors (Lipinski definition) is 3. The molecule has 2 rings (SSSR count). The molecule has 1 heterocycles. The second-order valence-electron chi connectivity index (χ2n) is 4.37. The molecule has 8 nitrogen and oxygen atoms in total. The van der Waals surface area contributed by atoms with Crippen molar-refractivity contribution in [1.82, 2.24) is 15.6 Å². The SMILES string of the molecule is COc1ccc(/C=N/NC(=O)Cc2cc(=O)[nH][nH]2)cc1OC. The van der Waals surface area contributed by atoms with Gasteiger partial charge in [-0.3, -0.25) is 14.7 Å². The first-order chi connectivity index (χ1) is 10.6. The fraction of sp³-hybridized carbons (Fsp3) is 0.214. The third-order valence-corrected chi connectivity index (χ3v) is 2.81. The van der Waals surface area contributed by atoms with Crippen molar-refractivity contribution in [2.75, 3.05) is 14.2 Å². The summed E-state index contributed by atoms with van der Waals surface area (Å²) in [4.78, 5) is 22.5. The predicted octanol–water partition coefficient (Wildman–Crippen LogP) is 0.413. The molecule has 0 aliphatic carbocycles. The molecule has 0 saturated carbocycles. The highest BCUT2D eigenvalue weighted by atomic mass is 16.5. The molecule has 0 saturated heterocycles. The summed E-state index contributed by atoms with van der Waals surface area (Å²) < 4.78 is 10.3. The van der Waals surface area contributed by atoms with Crippen LogP contribution in [0.5, 0.6) is 11.5 Å². The Morgan fingerprint density at radius 2 is 2.00 bits per heavy atom. The van der Waals surface area contributed by atoms with E-state index in [4.69, 9.17) is 9.47 Å². The van der Waals surface area contributed by atoms with Crippen molar-refractivity contribution in [3.63, 3.8) is 0 Å². The Bertz CT molecular complexity index is 732. The number of amides is 1. The smallest absolute Gasteiger partial charge is 0.264 e. The predicted molar refractivity (Wildman–Crippen MR) is 80.4 cm³/mol. The van der Waals surface area contributed by atoms with Crippen molar-refractivity contribution < 1.29 is 14.3 Å². The first kappa shape index (κ1) is 15.4. The van der Waals surface area contributed by atoms with E-state index in [1.54, 1.807) is 25.3 Å². The number of hydrazone groups is 1. The number of carbonyl (C=O) groups excluding carboxylic acids is 1. The zero-order valence-electron chi connectivity index (χ0n) is 12.2. The summed E-state index contributed by atoms with van der Waals surface area (Å²) >= 11 is 0. The third kappa shape index (κ3) is 3.98. The fourth-order valence-electron chi connectivity index (χ4n) is 1.79. The number of aromatic amines is 2. The van der Waals surface area contributed by atoms with E-state index >= 15 is 0 Å². The van der Waals surface area contributed by atoms with Crippen molar-refractivity contribution in [3.8, 4) is 11.5 Å². The van der Waals surface area contributed by atoms with Crippen LogP contribution in [0.2, 0.25) is 0 Å². The van der Waals surface area contributed by atoms with Crippen LogP contribution in [0, 0.1) is 0 Å². The van der Waals surface area contributed by atoms with E-state index in [-0.39, 0.29) is 17.9 Å². The minimum Gasteiger partial charge on any atom is -0.493 e.